The highest BCUT2D eigenvalue weighted by atomic mass is 32.2. The molecule has 18 heavy (non-hydrogen) atoms. The molecule has 0 aromatic heterocycles. The van der Waals surface area contributed by atoms with E-state index in [4.69, 9.17) is 5.26 Å². The van der Waals surface area contributed by atoms with Crippen LogP contribution in [0.5, 0.6) is 0 Å². The van der Waals surface area contributed by atoms with Gasteiger partial charge >= 0.3 is 0 Å². The van der Waals surface area contributed by atoms with Gasteiger partial charge in [0.15, 0.2) is 0 Å². The van der Waals surface area contributed by atoms with Crippen LogP contribution in [0.4, 0.5) is 0 Å². The lowest BCUT2D eigenvalue weighted by Gasteiger charge is -2.37. The van der Waals surface area contributed by atoms with Gasteiger partial charge in [-0.05, 0) is 13.8 Å². The van der Waals surface area contributed by atoms with E-state index in [2.05, 4.69) is 18.7 Å². The molecule has 0 atom stereocenters. The molecule has 1 aliphatic rings. The first-order valence-electron chi connectivity index (χ1n) is 6.22. The Morgan fingerprint density at radius 2 is 1.83 bits per heavy atom. The van der Waals surface area contributed by atoms with Crippen molar-refractivity contribution < 1.29 is 8.42 Å². The van der Waals surface area contributed by atoms with Crippen molar-refractivity contribution in [3.8, 4) is 6.07 Å². The highest BCUT2D eigenvalue weighted by Gasteiger charge is 2.30. The summed E-state index contributed by atoms with van der Waals surface area (Å²) < 4.78 is 27.2. The van der Waals surface area contributed by atoms with Crippen LogP contribution in [0, 0.1) is 11.3 Å². The van der Waals surface area contributed by atoms with E-state index in [1.807, 2.05) is 6.07 Å². The fourth-order valence-electron chi connectivity index (χ4n) is 1.97. The molecule has 104 valence electrons. The molecule has 0 aromatic carbocycles. The SMILES string of the molecule is CC(C)N1CCN(S(=O)(=O)N(C)CCC#N)CC1. The number of nitriles is 1. The Kier molecular flexibility index (Phi) is 5.53. The summed E-state index contributed by atoms with van der Waals surface area (Å²) in [4.78, 5) is 2.27. The smallest absolute Gasteiger partial charge is 0.281 e. The van der Waals surface area contributed by atoms with Crippen molar-refractivity contribution in [2.75, 3.05) is 39.8 Å². The highest BCUT2D eigenvalue weighted by Crippen LogP contribution is 2.12. The van der Waals surface area contributed by atoms with Gasteiger partial charge in [-0.3, -0.25) is 4.90 Å². The van der Waals surface area contributed by atoms with Crippen molar-refractivity contribution in [1.29, 1.82) is 5.26 Å². The van der Waals surface area contributed by atoms with Gasteiger partial charge in [0.25, 0.3) is 10.2 Å². The van der Waals surface area contributed by atoms with Crippen LogP contribution in [0.3, 0.4) is 0 Å². The molecule has 1 rings (SSSR count). The quantitative estimate of drug-likeness (QED) is 0.713. The molecule has 0 radical (unpaired) electrons. The first-order valence-corrected chi connectivity index (χ1v) is 7.61. The van der Waals surface area contributed by atoms with Crippen LogP contribution in [0.1, 0.15) is 20.3 Å². The zero-order chi connectivity index (χ0) is 13.8. The largest absolute Gasteiger partial charge is 0.298 e. The number of nitrogens with zero attached hydrogens (tertiary/aromatic N) is 4. The minimum atomic E-state index is -3.39. The standard InChI is InChI=1S/C11H22N4O2S/c1-11(2)14-7-9-15(10-8-14)18(16,17)13(3)6-4-5-12/h11H,4,6-10H2,1-3H3. The van der Waals surface area contributed by atoms with Crippen molar-refractivity contribution in [3.63, 3.8) is 0 Å². The van der Waals surface area contributed by atoms with Crippen LogP contribution in [-0.2, 0) is 10.2 Å². The predicted molar refractivity (Wildman–Crippen MR) is 70.1 cm³/mol. The topological polar surface area (TPSA) is 67.7 Å². The van der Waals surface area contributed by atoms with E-state index in [1.165, 1.54) is 15.7 Å². The second-order valence-corrected chi connectivity index (χ2v) is 6.80. The van der Waals surface area contributed by atoms with Gasteiger partial charge in [0, 0.05) is 52.2 Å². The zero-order valence-electron chi connectivity index (χ0n) is 11.3. The molecule has 0 N–H and O–H groups in total. The van der Waals surface area contributed by atoms with Crippen molar-refractivity contribution in [1.82, 2.24) is 13.5 Å². The number of hydrogen-bond donors (Lipinski definition) is 0. The van der Waals surface area contributed by atoms with E-state index in [-0.39, 0.29) is 13.0 Å². The van der Waals surface area contributed by atoms with Gasteiger partial charge in [-0.2, -0.15) is 22.3 Å². The molecule has 1 saturated heterocycles. The van der Waals surface area contributed by atoms with Gasteiger partial charge in [0.05, 0.1) is 6.07 Å². The predicted octanol–water partition coefficient (Wildman–Crippen LogP) is 0.103. The normalized spacial score (nSPS) is 19.3. The lowest BCUT2D eigenvalue weighted by Crippen LogP contribution is -2.53. The molecule has 0 aliphatic carbocycles. The molecule has 0 bridgehead atoms. The Labute approximate surface area is 110 Å². The molecule has 0 spiro atoms. The maximum Gasteiger partial charge on any atom is 0.281 e. The second-order valence-electron chi connectivity index (χ2n) is 4.77. The lowest BCUT2D eigenvalue weighted by atomic mass is 10.3. The van der Waals surface area contributed by atoms with E-state index in [9.17, 15) is 8.42 Å². The molecule has 0 saturated carbocycles. The Bertz CT molecular complexity index is 394. The van der Waals surface area contributed by atoms with Crippen molar-refractivity contribution >= 4 is 10.2 Å². The van der Waals surface area contributed by atoms with Crippen LogP contribution >= 0.6 is 0 Å². The van der Waals surface area contributed by atoms with Crippen LogP contribution in [0.2, 0.25) is 0 Å². The number of piperazine rings is 1. The van der Waals surface area contributed by atoms with Gasteiger partial charge in [-0.15, -0.1) is 0 Å². The van der Waals surface area contributed by atoms with E-state index >= 15 is 0 Å². The van der Waals surface area contributed by atoms with Gasteiger partial charge < -0.3 is 0 Å². The van der Waals surface area contributed by atoms with Gasteiger partial charge in [0.2, 0.25) is 0 Å². The first-order chi connectivity index (χ1) is 8.39. The van der Waals surface area contributed by atoms with Crippen LogP contribution in [0.25, 0.3) is 0 Å². The fraction of sp³-hybridized carbons (Fsp3) is 0.909. The fourth-order valence-corrected chi connectivity index (χ4v) is 3.31. The van der Waals surface area contributed by atoms with E-state index in [0.717, 1.165) is 13.1 Å². The van der Waals surface area contributed by atoms with Crippen LogP contribution in [-0.4, -0.2) is 67.7 Å². The van der Waals surface area contributed by atoms with Gasteiger partial charge in [0.1, 0.15) is 0 Å². The molecule has 1 heterocycles. The van der Waals surface area contributed by atoms with Gasteiger partial charge in [-0.1, -0.05) is 0 Å². The molecular formula is C11H22N4O2S. The maximum absolute atomic E-state index is 12.2. The summed E-state index contributed by atoms with van der Waals surface area (Å²) in [5.41, 5.74) is 0. The average molecular weight is 274 g/mol. The highest BCUT2D eigenvalue weighted by molar-refractivity contribution is 7.86. The minimum absolute atomic E-state index is 0.224. The summed E-state index contributed by atoms with van der Waals surface area (Å²) in [6.45, 7) is 7.07. The minimum Gasteiger partial charge on any atom is -0.298 e. The molecule has 0 amide bonds. The maximum atomic E-state index is 12.2. The summed E-state index contributed by atoms with van der Waals surface area (Å²) >= 11 is 0. The van der Waals surface area contributed by atoms with Crippen molar-refractivity contribution in [3.05, 3.63) is 0 Å². The van der Waals surface area contributed by atoms with Crippen molar-refractivity contribution in [2.24, 2.45) is 0 Å². The van der Waals surface area contributed by atoms with Crippen molar-refractivity contribution in [2.45, 2.75) is 26.3 Å². The lowest BCUT2D eigenvalue weighted by molar-refractivity contribution is 0.150. The third-order valence-electron chi connectivity index (χ3n) is 3.26. The summed E-state index contributed by atoms with van der Waals surface area (Å²) in [7, 11) is -1.87. The molecule has 0 aromatic rings. The Hall–Kier alpha value is -0.680. The van der Waals surface area contributed by atoms with Crippen LogP contribution < -0.4 is 0 Å². The van der Waals surface area contributed by atoms with E-state index in [1.54, 1.807) is 0 Å². The number of rotatable bonds is 5. The molecular weight excluding hydrogens is 252 g/mol. The van der Waals surface area contributed by atoms with Crippen LogP contribution in [0.15, 0.2) is 0 Å². The first kappa shape index (κ1) is 15.4. The number of hydrogen-bond acceptors (Lipinski definition) is 4. The third-order valence-corrected chi connectivity index (χ3v) is 5.25. The molecule has 7 heteroatoms. The molecule has 1 aliphatic heterocycles. The second kappa shape index (κ2) is 6.48. The van der Waals surface area contributed by atoms with E-state index < -0.39 is 10.2 Å². The summed E-state index contributed by atoms with van der Waals surface area (Å²) in [6.07, 6.45) is 0.224. The Balaban J connectivity index is 2.58. The Morgan fingerprint density at radius 3 is 2.28 bits per heavy atom. The third kappa shape index (κ3) is 3.65. The summed E-state index contributed by atoms with van der Waals surface area (Å²) in [5.74, 6) is 0. The Morgan fingerprint density at radius 1 is 1.28 bits per heavy atom. The zero-order valence-corrected chi connectivity index (χ0v) is 12.2. The summed E-state index contributed by atoms with van der Waals surface area (Å²) in [6, 6.07) is 2.41. The van der Waals surface area contributed by atoms with Gasteiger partial charge in [-0.25, -0.2) is 0 Å². The summed E-state index contributed by atoms with van der Waals surface area (Å²) in [5, 5.41) is 8.50. The average Bonchev–Trinajstić information content (AvgIpc) is 2.35. The molecule has 6 nitrogen and oxygen atoms in total. The molecule has 1 fully saturated rings. The monoisotopic (exact) mass is 274 g/mol. The molecule has 0 unspecified atom stereocenters. The van der Waals surface area contributed by atoms with E-state index in [0.29, 0.717) is 19.1 Å².